The Hall–Kier alpha value is -1.59. The van der Waals surface area contributed by atoms with E-state index in [-0.39, 0.29) is 37.5 Å². The molecule has 0 aromatic carbocycles. The molecule has 0 rings (SSSR count). The Morgan fingerprint density at radius 1 is 0.923 bits per heavy atom. The van der Waals surface area contributed by atoms with Crippen molar-refractivity contribution in [3.05, 3.63) is 0 Å². The average Bonchev–Trinajstić information content (AvgIpc) is 2.60. The maximum atomic E-state index is 11.8. The van der Waals surface area contributed by atoms with Crippen molar-refractivity contribution in [1.82, 2.24) is 0 Å². The van der Waals surface area contributed by atoms with Gasteiger partial charge >= 0.3 is 11.9 Å². The van der Waals surface area contributed by atoms with Crippen molar-refractivity contribution in [3.63, 3.8) is 0 Å². The maximum Gasteiger partial charge on any atom is 0.306 e. The molecule has 1 atom stereocenters. The molecule has 0 amide bonds. The number of hydrogen-bond acceptors (Lipinski definition) is 6. The lowest BCUT2D eigenvalue weighted by Crippen LogP contribution is -2.23. The second kappa shape index (κ2) is 16.9. The van der Waals surface area contributed by atoms with Crippen molar-refractivity contribution in [3.8, 4) is 0 Å². The minimum atomic E-state index is -0.375. The Morgan fingerprint density at radius 2 is 1.62 bits per heavy atom. The first-order valence-electron chi connectivity index (χ1n) is 9.86. The highest BCUT2D eigenvalue weighted by atomic mass is 16.5. The van der Waals surface area contributed by atoms with E-state index in [1.807, 2.05) is 0 Å². The minimum absolute atomic E-state index is 0.0348. The molecule has 0 aromatic heterocycles. The highest BCUT2D eigenvalue weighted by Crippen LogP contribution is 2.11. The van der Waals surface area contributed by atoms with Crippen molar-refractivity contribution >= 4 is 18.4 Å². The van der Waals surface area contributed by atoms with E-state index in [2.05, 4.69) is 20.8 Å². The highest BCUT2D eigenvalue weighted by molar-refractivity contribution is 5.70. The normalized spacial score (nSPS) is 11.8. The third-order valence-electron chi connectivity index (χ3n) is 4.03. The van der Waals surface area contributed by atoms with Crippen LogP contribution in [0.4, 0.5) is 0 Å². The number of unbranched alkanes of at least 4 members (excludes halogenated alkanes) is 5. The third kappa shape index (κ3) is 15.9. The number of esters is 2. The van der Waals surface area contributed by atoms with Gasteiger partial charge in [0.25, 0.3) is 6.47 Å². The zero-order chi connectivity index (χ0) is 19.6. The van der Waals surface area contributed by atoms with Crippen LogP contribution in [0, 0.1) is 11.8 Å². The molecule has 0 bridgehead atoms. The zero-order valence-electron chi connectivity index (χ0n) is 16.7. The maximum absolute atomic E-state index is 11.8. The summed E-state index contributed by atoms with van der Waals surface area (Å²) in [6, 6.07) is 0. The summed E-state index contributed by atoms with van der Waals surface area (Å²) >= 11 is 0. The van der Waals surface area contributed by atoms with Crippen LogP contribution in [-0.4, -0.2) is 38.2 Å². The Balaban J connectivity index is 4.02. The zero-order valence-corrected chi connectivity index (χ0v) is 16.7. The predicted molar refractivity (Wildman–Crippen MR) is 99.5 cm³/mol. The van der Waals surface area contributed by atoms with E-state index in [9.17, 15) is 14.4 Å². The van der Waals surface area contributed by atoms with Crippen molar-refractivity contribution in [2.45, 2.75) is 78.6 Å². The Labute approximate surface area is 157 Å². The second-order valence-corrected chi connectivity index (χ2v) is 7.10. The van der Waals surface area contributed by atoms with Gasteiger partial charge in [0.1, 0.15) is 0 Å². The molecule has 1 unspecified atom stereocenters. The van der Waals surface area contributed by atoms with Crippen molar-refractivity contribution in [1.29, 1.82) is 0 Å². The van der Waals surface area contributed by atoms with Crippen LogP contribution < -0.4 is 0 Å². The SMILES string of the molecule is CCCCCCCCC(=O)OCC(COC=O)CC(=O)OCCC(C)C. The Kier molecular flexibility index (Phi) is 15.8. The summed E-state index contributed by atoms with van der Waals surface area (Å²) in [6.45, 7) is 7.07. The molecule has 0 aromatic rings. The summed E-state index contributed by atoms with van der Waals surface area (Å²) in [5, 5.41) is 0. The fourth-order valence-electron chi connectivity index (χ4n) is 2.38. The predicted octanol–water partition coefficient (Wildman–Crippen LogP) is 4.05. The quantitative estimate of drug-likeness (QED) is 0.166. The van der Waals surface area contributed by atoms with Gasteiger partial charge in [0, 0.05) is 12.3 Å². The van der Waals surface area contributed by atoms with Crippen molar-refractivity contribution in [2.75, 3.05) is 19.8 Å². The lowest BCUT2D eigenvalue weighted by Gasteiger charge is -2.15. The van der Waals surface area contributed by atoms with Crippen LogP contribution in [0.5, 0.6) is 0 Å². The van der Waals surface area contributed by atoms with Crippen LogP contribution in [0.15, 0.2) is 0 Å². The van der Waals surface area contributed by atoms with Gasteiger partial charge < -0.3 is 14.2 Å². The molecule has 152 valence electrons. The molecule has 0 fully saturated rings. The summed E-state index contributed by atoms with van der Waals surface area (Å²) in [7, 11) is 0. The van der Waals surface area contributed by atoms with Crippen molar-refractivity contribution in [2.24, 2.45) is 11.8 Å². The number of carbonyl (C=O) groups excluding carboxylic acids is 3. The molecular formula is C20H36O6. The topological polar surface area (TPSA) is 78.9 Å². The molecule has 6 nitrogen and oxygen atoms in total. The highest BCUT2D eigenvalue weighted by Gasteiger charge is 2.18. The van der Waals surface area contributed by atoms with Gasteiger partial charge in [0.2, 0.25) is 0 Å². The van der Waals surface area contributed by atoms with E-state index in [0.717, 1.165) is 25.7 Å². The first-order chi connectivity index (χ1) is 12.5. The van der Waals surface area contributed by atoms with Gasteiger partial charge in [-0.25, -0.2) is 0 Å². The van der Waals surface area contributed by atoms with E-state index < -0.39 is 0 Å². The fraction of sp³-hybridized carbons (Fsp3) is 0.850. The molecule has 0 aliphatic carbocycles. The molecule has 0 N–H and O–H groups in total. The summed E-state index contributed by atoms with van der Waals surface area (Å²) < 4.78 is 15.1. The van der Waals surface area contributed by atoms with Crippen LogP contribution in [-0.2, 0) is 28.6 Å². The summed E-state index contributed by atoms with van der Waals surface area (Å²) in [5.41, 5.74) is 0. The molecule has 26 heavy (non-hydrogen) atoms. The second-order valence-electron chi connectivity index (χ2n) is 7.10. The van der Waals surface area contributed by atoms with E-state index in [1.54, 1.807) is 0 Å². The lowest BCUT2D eigenvalue weighted by atomic mass is 10.1. The monoisotopic (exact) mass is 372 g/mol. The summed E-state index contributed by atoms with van der Waals surface area (Å²) in [6.07, 6.45) is 7.86. The smallest absolute Gasteiger partial charge is 0.306 e. The van der Waals surface area contributed by atoms with E-state index in [4.69, 9.17) is 14.2 Å². The molecule has 0 aliphatic heterocycles. The van der Waals surface area contributed by atoms with Gasteiger partial charge in [0.05, 0.1) is 26.2 Å². The molecule has 0 aliphatic rings. The Morgan fingerprint density at radius 3 is 2.27 bits per heavy atom. The van der Waals surface area contributed by atoms with Crippen LogP contribution in [0.1, 0.15) is 78.6 Å². The van der Waals surface area contributed by atoms with Crippen LogP contribution in [0.2, 0.25) is 0 Å². The Bertz CT molecular complexity index is 380. The fourth-order valence-corrected chi connectivity index (χ4v) is 2.38. The molecule has 6 heteroatoms. The standard InChI is InChI=1S/C20H36O6/c1-4-5-6-7-8-9-10-19(22)26-15-18(14-24-16-21)13-20(23)25-12-11-17(2)3/h16-18H,4-15H2,1-3H3. The molecule has 0 radical (unpaired) electrons. The molecule has 0 saturated carbocycles. The van der Waals surface area contributed by atoms with Crippen LogP contribution in [0.25, 0.3) is 0 Å². The molecule has 0 spiro atoms. The van der Waals surface area contributed by atoms with Crippen LogP contribution in [0.3, 0.4) is 0 Å². The van der Waals surface area contributed by atoms with E-state index >= 15 is 0 Å². The van der Waals surface area contributed by atoms with E-state index in [0.29, 0.717) is 25.4 Å². The van der Waals surface area contributed by atoms with Crippen molar-refractivity contribution < 1.29 is 28.6 Å². The number of hydrogen-bond donors (Lipinski definition) is 0. The number of carbonyl (C=O) groups is 3. The number of rotatable bonds is 17. The summed E-state index contributed by atoms with van der Waals surface area (Å²) in [4.78, 5) is 34.0. The first-order valence-corrected chi connectivity index (χ1v) is 9.86. The van der Waals surface area contributed by atoms with Gasteiger partial charge in [-0.1, -0.05) is 52.9 Å². The van der Waals surface area contributed by atoms with Gasteiger partial charge in [-0.2, -0.15) is 0 Å². The molecule has 0 saturated heterocycles. The largest absolute Gasteiger partial charge is 0.467 e. The van der Waals surface area contributed by atoms with Gasteiger partial charge in [0.15, 0.2) is 0 Å². The third-order valence-corrected chi connectivity index (χ3v) is 4.03. The minimum Gasteiger partial charge on any atom is -0.467 e. The van der Waals surface area contributed by atoms with Gasteiger partial charge in [-0.05, 0) is 18.8 Å². The van der Waals surface area contributed by atoms with Gasteiger partial charge in [-0.3, -0.25) is 14.4 Å². The molecular weight excluding hydrogens is 336 g/mol. The summed E-state index contributed by atoms with van der Waals surface area (Å²) in [5.74, 6) is -0.554. The average molecular weight is 373 g/mol. The van der Waals surface area contributed by atoms with E-state index in [1.165, 1.54) is 19.3 Å². The number of ether oxygens (including phenoxy) is 3. The molecule has 0 heterocycles. The first kappa shape index (κ1) is 24.4. The van der Waals surface area contributed by atoms with Gasteiger partial charge in [-0.15, -0.1) is 0 Å². The van der Waals surface area contributed by atoms with Crippen LogP contribution >= 0.6 is 0 Å². The lowest BCUT2D eigenvalue weighted by molar-refractivity contribution is -0.152.